The maximum absolute atomic E-state index is 12.7. The molecule has 6 heteroatoms. The van der Waals surface area contributed by atoms with E-state index in [-0.39, 0.29) is 5.91 Å². The van der Waals surface area contributed by atoms with Crippen LogP contribution in [0.25, 0.3) is 0 Å². The lowest BCUT2D eigenvalue weighted by atomic mass is 10.1. The molecule has 2 aromatic rings. The van der Waals surface area contributed by atoms with Crippen molar-refractivity contribution in [3.8, 4) is 11.5 Å². The van der Waals surface area contributed by atoms with Crippen molar-refractivity contribution in [1.82, 2.24) is 15.1 Å². The van der Waals surface area contributed by atoms with Crippen molar-refractivity contribution in [1.29, 1.82) is 0 Å². The van der Waals surface area contributed by atoms with E-state index in [1.54, 1.807) is 4.90 Å². The van der Waals surface area contributed by atoms with E-state index < -0.39 is 0 Å². The fraction of sp³-hybridized carbons (Fsp3) is 0.444. The van der Waals surface area contributed by atoms with Crippen LogP contribution in [0.3, 0.4) is 0 Å². The van der Waals surface area contributed by atoms with Crippen LogP contribution >= 0.6 is 0 Å². The van der Waals surface area contributed by atoms with E-state index in [1.807, 2.05) is 31.2 Å². The zero-order valence-electron chi connectivity index (χ0n) is 13.7. The number of benzene rings is 1. The highest BCUT2D eigenvalue weighted by molar-refractivity contribution is 5.92. The van der Waals surface area contributed by atoms with E-state index in [1.165, 1.54) is 12.8 Å². The van der Waals surface area contributed by atoms with Gasteiger partial charge >= 0.3 is 0 Å². The third kappa shape index (κ3) is 2.96. The summed E-state index contributed by atoms with van der Waals surface area (Å²) >= 11 is 0. The van der Waals surface area contributed by atoms with Gasteiger partial charge in [-0.25, -0.2) is 0 Å². The first-order valence-corrected chi connectivity index (χ1v) is 8.47. The molecule has 1 fully saturated rings. The van der Waals surface area contributed by atoms with Gasteiger partial charge in [0.25, 0.3) is 5.91 Å². The van der Waals surface area contributed by atoms with Crippen molar-refractivity contribution in [3.63, 3.8) is 0 Å². The molecule has 0 atom stereocenters. The van der Waals surface area contributed by atoms with Crippen LogP contribution in [0.2, 0.25) is 0 Å². The summed E-state index contributed by atoms with van der Waals surface area (Å²) in [4.78, 5) is 14.5. The molecule has 2 heterocycles. The van der Waals surface area contributed by atoms with Crippen LogP contribution in [0, 0.1) is 0 Å². The van der Waals surface area contributed by atoms with E-state index in [0.717, 1.165) is 22.8 Å². The van der Waals surface area contributed by atoms with Gasteiger partial charge in [-0.2, -0.15) is 5.10 Å². The Balaban J connectivity index is 1.49. The summed E-state index contributed by atoms with van der Waals surface area (Å²) in [5, 5.41) is 7.20. The molecule has 1 saturated carbocycles. The smallest absolute Gasteiger partial charge is 0.274 e. The van der Waals surface area contributed by atoms with Gasteiger partial charge in [-0.1, -0.05) is 6.07 Å². The molecular formula is C18H21N3O3. The molecule has 0 spiro atoms. The lowest BCUT2D eigenvalue weighted by Gasteiger charge is -2.22. The molecular weight excluding hydrogens is 306 g/mol. The first kappa shape index (κ1) is 15.1. The van der Waals surface area contributed by atoms with Crippen LogP contribution in [-0.4, -0.2) is 40.8 Å². The molecule has 126 valence electrons. The molecule has 0 radical (unpaired) electrons. The molecule has 0 saturated heterocycles. The Morgan fingerprint density at radius 2 is 2.04 bits per heavy atom. The number of carbonyl (C=O) groups excluding carboxylic acids is 1. The predicted molar refractivity (Wildman–Crippen MR) is 88.4 cm³/mol. The number of carbonyl (C=O) groups is 1. The molecule has 1 amide bonds. The monoisotopic (exact) mass is 327 g/mol. The van der Waals surface area contributed by atoms with E-state index in [0.29, 0.717) is 37.9 Å². The third-order valence-corrected chi connectivity index (χ3v) is 4.48. The second-order valence-corrected chi connectivity index (χ2v) is 6.28. The van der Waals surface area contributed by atoms with Crippen LogP contribution in [-0.2, 0) is 6.54 Å². The van der Waals surface area contributed by atoms with Gasteiger partial charge in [0.1, 0.15) is 18.9 Å². The van der Waals surface area contributed by atoms with Crippen LogP contribution in [0.4, 0.5) is 0 Å². The average Bonchev–Trinajstić information content (AvgIpc) is 3.36. The molecule has 6 nitrogen and oxygen atoms in total. The molecule has 1 aromatic heterocycles. The molecule has 1 N–H and O–H groups in total. The van der Waals surface area contributed by atoms with Gasteiger partial charge in [0.05, 0.1) is 0 Å². The summed E-state index contributed by atoms with van der Waals surface area (Å²) < 4.78 is 11.2. The molecule has 1 aliphatic heterocycles. The van der Waals surface area contributed by atoms with Gasteiger partial charge in [-0.05, 0) is 43.5 Å². The van der Waals surface area contributed by atoms with Crippen molar-refractivity contribution in [3.05, 3.63) is 41.2 Å². The number of H-pyrrole nitrogens is 1. The maximum atomic E-state index is 12.7. The van der Waals surface area contributed by atoms with E-state index in [9.17, 15) is 4.79 Å². The number of hydrogen-bond donors (Lipinski definition) is 1. The average molecular weight is 327 g/mol. The standard InChI is InChI=1S/C18H21N3O3/c1-2-21(18(22)15-10-14(19-20-15)13-4-5-13)11-12-3-6-16-17(9-12)24-8-7-23-16/h3,6,9-10,13H,2,4-5,7-8,11H2,1H3,(H,19,20). The third-order valence-electron chi connectivity index (χ3n) is 4.48. The Hall–Kier alpha value is -2.50. The summed E-state index contributed by atoms with van der Waals surface area (Å²) in [5.74, 6) is 2.03. The Morgan fingerprint density at radius 1 is 1.25 bits per heavy atom. The minimum absolute atomic E-state index is 0.0458. The van der Waals surface area contributed by atoms with Gasteiger partial charge in [0, 0.05) is 24.7 Å². The molecule has 4 rings (SSSR count). The SMILES string of the molecule is CCN(Cc1ccc2c(c1)OCCO2)C(=O)c1cc(C2CC2)[nH]n1. The van der Waals surface area contributed by atoms with Gasteiger partial charge in [0.15, 0.2) is 11.5 Å². The number of aromatic nitrogens is 2. The van der Waals surface area contributed by atoms with Crippen LogP contribution < -0.4 is 9.47 Å². The van der Waals surface area contributed by atoms with Crippen LogP contribution in [0.15, 0.2) is 24.3 Å². The summed E-state index contributed by atoms with van der Waals surface area (Å²) in [6.07, 6.45) is 2.37. The number of ether oxygens (including phenoxy) is 2. The molecule has 1 aliphatic carbocycles. The summed E-state index contributed by atoms with van der Waals surface area (Å²) in [6.45, 7) is 4.26. The minimum atomic E-state index is -0.0458. The van der Waals surface area contributed by atoms with Gasteiger partial charge in [-0.15, -0.1) is 0 Å². The predicted octanol–water partition coefficient (Wildman–Crippen LogP) is 2.72. The highest BCUT2D eigenvalue weighted by atomic mass is 16.6. The highest BCUT2D eigenvalue weighted by Crippen LogP contribution is 2.39. The summed E-state index contributed by atoms with van der Waals surface area (Å²) in [5.41, 5.74) is 2.59. The van der Waals surface area contributed by atoms with Crippen molar-refractivity contribution < 1.29 is 14.3 Å². The Morgan fingerprint density at radius 3 is 2.79 bits per heavy atom. The van der Waals surface area contributed by atoms with Crippen molar-refractivity contribution >= 4 is 5.91 Å². The Kier molecular flexibility index (Phi) is 3.88. The number of amides is 1. The minimum Gasteiger partial charge on any atom is -0.486 e. The number of hydrogen-bond acceptors (Lipinski definition) is 4. The van der Waals surface area contributed by atoms with E-state index in [2.05, 4.69) is 10.2 Å². The summed E-state index contributed by atoms with van der Waals surface area (Å²) in [7, 11) is 0. The fourth-order valence-corrected chi connectivity index (χ4v) is 2.95. The molecule has 1 aromatic carbocycles. The van der Waals surface area contributed by atoms with Gasteiger partial charge in [0.2, 0.25) is 0 Å². The Bertz CT molecular complexity index is 752. The molecule has 24 heavy (non-hydrogen) atoms. The van der Waals surface area contributed by atoms with Gasteiger partial charge in [-0.3, -0.25) is 9.89 Å². The number of nitrogens with one attached hydrogen (secondary N) is 1. The lowest BCUT2D eigenvalue weighted by Crippen LogP contribution is -2.30. The quantitative estimate of drug-likeness (QED) is 0.917. The zero-order chi connectivity index (χ0) is 16.5. The van der Waals surface area contributed by atoms with Gasteiger partial charge < -0.3 is 14.4 Å². The number of fused-ring (bicyclic) bond motifs is 1. The van der Waals surface area contributed by atoms with Crippen LogP contribution in [0.1, 0.15) is 47.4 Å². The molecule has 0 bridgehead atoms. The second-order valence-electron chi connectivity index (χ2n) is 6.28. The highest BCUT2D eigenvalue weighted by Gasteiger charge is 2.27. The molecule has 0 unspecified atom stereocenters. The number of rotatable bonds is 5. The number of nitrogens with zero attached hydrogens (tertiary/aromatic N) is 2. The maximum Gasteiger partial charge on any atom is 0.274 e. The normalized spacial score (nSPS) is 16.0. The summed E-state index contributed by atoms with van der Waals surface area (Å²) in [6, 6.07) is 7.72. The molecule has 2 aliphatic rings. The van der Waals surface area contributed by atoms with Crippen molar-refractivity contribution in [2.45, 2.75) is 32.2 Å². The second kappa shape index (κ2) is 6.19. The number of aromatic amines is 1. The van der Waals surface area contributed by atoms with Crippen molar-refractivity contribution in [2.75, 3.05) is 19.8 Å². The van der Waals surface area contributed by atoms with Crippen LogP contribution in [0.5, 0.6) is 11.5 Å². The first-order chi connectivity index (χ1) is 11.7. The topological polar surface area (TPSA) is 67.5 Å². The van der Waals surface area contributed by atoms with E-state index >= 15 is 0 Å². The first-order valence-electron chi connectivity index (χ1n) is 8.47. The van der Waals surface area contributed by atoms with Crippen molar-refractivity contribution in [2.24, 2.45) is 0 Å². The van der Waals surface area contributed by atoms with E-state index in [4.69, 9.17) is 9.47 Å². The fourth-order valence-electron chi connectivity index (χ4n) is 2.95. The largest absolute Gasteiger partial charge is 0.486 e. The zero-order valence-corrected chi connectivity index (χ0v) is 13.7. The Labute approximate surface area is 140 Å². The lowest BCUT2D eigenvalue weighted by molar-refractivity contribution is 0.0746.